The summed E-state index contributed by atoms with van der Waals surface area (Å²) in [5, 5.41) is 2.99. The quantitative estimate of drug-likeness (QED) is 0.735. The number of amides is 2. The zero-order valence-electron chi connectivity index (χ0n) is 14.4. The molecule has 0 aliphatic carbocycles. The number of benzene rings is 1. The van der Waals surface area contributed by atoms with Gasteiger partial charge in [0.2, 0.25) is 11.8 Å². The Labute approximate surface area is 157 Å². The van der Waals surface area contributed by atoms with Crippen molar-refractivity contribution in [1.29, 1.82) is 0 Å². The van der Waals surface area contributed by atoms with Crippen molar-refractivity contribution in [3.8, 4) is 0 Å². The third-order valence-corrected chi connectivity index (χ3v) is 6.44. The van der Waals surface area contributed by atoms with E-state index >= 15 is 0 Å². The molecule has 1 N–H and O–H groups in total. The van der Waals surface area contributed by atoms with E-state index in [4.69, 9.17) is 0 Å². The molecule has 2 heterocycles. The van der Waals surface area contributed by atoms with E-state index in [1.807, 2.05) is 36.0 Å². The molecule has 1 aromatic rings. The number of hydrogen-bond donors (Lipinski definition) is 1. The zero-order valence-corrected chi connectivity index (χ0v) is 16.0. The summed E-state index contributed by atoms with van der Waals surface area (Å²) in [6.45, 7) is 4.53. The number of carbonyl (C=O) groups excluding carboxylic acids is 2. The predicted molar refractivity (Wildman–Crippen MR) is 106 cm³/mol. The first-order valence-electron chi connectivity index (χ1n) is 8.83. The number of thioether (sulfide) groups is 2. The Kier molecular flexibility index (Phi) is 7.07. The van der Waals surface area contributed by atoms with Crippen LogP contribution in [-0.2, 0) is 9.59 Å². The molecular weight excluding hydrogens is 354 g/mol. The monoisotopic (exact) mass is 379 g/mol. The molecule has 1 saturated heterocycles. The van der Waals surface area contributed by atoms with Crippen LogP contribution in [0, 0.1) is 0 Å². The molecule has 3 rings (SSSR count). The normalized spacial score (nSPS) is 18.1. The Morgan fingerprint density at radius 3 is 2.80 bits per heavy atom. The fraction of sp³-hybridized carbons (Fsp3) is 0.556. The van der Waals surface area contributed by atoms with Gasteiger partial charge in [-0.3, -0.25) is 9.59 Å². The maximum absolute atomic E-state index is 12.2. The standard InChI is InChI=1S/C18H25N3O2S2/c22-17(19-7-3-8-20-10-12-24-13-11-20)6-9-21-15-4-1-2-5-16(15)25-14-18(21)23/h1-2,4-5H,3,6-14H2,(H,19,22). The molecule has 0 saturated carbocycles. The van der Waals surface area contributed by atoms with Crippen LogP contribution in [0.2, 0.25) is 0 Å². The highest BCUT2D eigenvalue weighted by Crippen LogP contribution is 2.34. The van der Waals surface area contributed by atoms with Crippen molar-refractivity contribution >= 4 is 41.0 Å². The largest absolute Gasteiger partial charge is 0.356 e. The number of nitrogens with zero attached hydrogens (tertiary/aromatic N) is 2. The average molecular weight is 380 g/mol. The third-order valence-electron chi connectivity index (χ3n) is 4.45. The molecule has 25 heavy (non-hydrogen) atoms. The van der Waals surface area contributed by atoms with Crippen molar-refractivity contribution in [2.24, 2.45) is 0 Å². The lowest BCUT2D eigenvalue weighted by Gasteiger charge is -2.28. The number of rotatable bonds is 7. The molecule has 0 atom stereocenters. The van der Waals surface area contributed by atoms with Gasteiger partial charge < -0.3 is 15.1 Å². The fourth-order valence-electron chi connectivity index (χ4n) is 3.06. The van der Waals surface area contributed by atoms with Crippen LogP contribution in [0.5, 0.6) is 0 Å². The number of anilines is 1. The van der Waals surface area contributed by atoms with Gasteiger partial charge in [0.05, 0.1) is 11.4 Å². The van der Waals surface area contributed by atoms with Crippen LogP contribution in [0.3, 0.4) is 0 Å². The third kappa shape index (κ3) is 5.39. The molecule has 2 aliphatic rings. The highest BCUT2D eigenvalue weighted by Gasteiger charge is 2.24. The molecule has 0 spiro atoms. The van der Waals surface area contributed by atoms with E-state index in [0.717, 1.165) is 36.6 Å². The lowest BCUT2D eigenvalue weighted by molar-refractivity contribution is -0.121. The number of carbonyl (C=O) groups is 2. The van der Waals surface area contributed by atoms with Gasteiger partial charge in [-0.15, -0.1) is 11.8 Å². The Morgan fingerprint density at radius 2 is 1.96 bits per heavy atom. The summed E-state index contributed by atoms with van der Waals surface area (Å²) in [6, 6.07) is 7.89. The Balaban J connectivity index is 1.38. The lowest BCUT2D eigenvalue weighted by atomic mass is 10.2. The van der Waals surface area contributed by atoms with Gasteiger partial charge in [-0.2, -0.15) is 11.8 Å². The number of hydrogen-bond acceptors (Lipinski definition) is 5. The summed E-state index contributed by atoms with van der Waals surface area (Å²) in [4.78, 5) is 29.6. The van der Waals surface area contributed by atoms with E-state index in [9.17, 15) is 9.59 Å². The number of nitrogens with one attached hydrogen (secondary N) is 1. The van der Waals surface area contributed by atoms with Gasteiger partial charge in [0.25, 0.3) is 0 Å². The summed E-state index contributed by atoms with van der Waals surface area (Å²) < 4.78 is 0. The van der Waals surface area contributed by atoms with Crippen molar-refractivity contribution in [3.05, 3.63) is 24.3 Å². The number of para-hydroxylation sites is 1. The van der Waals surface area contributed by atoms with Crippen LogP contribution in [0.25, 0.3) is 0 Å². The van der Waals surface area contributed by atoms with Crippen LogP contribution >= 0.6 is 23.5 Å². The van der Waals surface area contributed by atoms with Crippen molar-refractivity contribution in [2.45, 2.75) is 17.7 Å². The minimum Gasteiger partial charge on any atom is -0.356 e. The molecule has 0 bridgehead atoms. The second-order valence-corrected chi connectivity index (χ2v) is 8.45. The van der Waals surface area contributed by atoms with Gasteiger partial charge >= 0.3 is 0 Å². The molecular formula is C18H25N3O2S2. The average Bonchev–Trinajstić information content (AvgIpc) is 2.65. The topological polar surface area (TPSA) is 52.7 Å². The molecule has 0 unspecified atom stereocenters. The molecule has 2 aliphatic heterocycles. The van der Waals surface area contributed by atoms with Gasteiger partial charge in [0.1, 0.15) is 0 Å². The molecule has 0 radical (unpaired) electrons. The first-order chi connectivity index (χ1) is 12.2. The van der Waals surface area contributed by atoms with E-state index in [2.05, 4.69) is 10.2 Å². The highest BCUT2D eigenvalue weighted by molar-refractivity contribution is 8.00. The summed E-state index contributed by atoms with van der Waals surface area (Å²) in [6.07, 6.45) is 1.34. The maximum Gasteiger partial charge on any atom is 0.237 e. The summed E-state index contributed by atoms with van der Waals surface area (Å²) >= 11 is 3.58. The number of fused-ring (bicyclic) bond motifs is 1. The van der Waals surface area contributed by atoms with Gasteiger partial charge in [-0.05, 0) is 25.1 Å². The molecule has 1 fully saturated rings. The highest BCUT2D eigenvalue weighted by atomic mass is 32.2. The molecule has 136 valence electrons. The van der Waals surface area contributed by atoms with Crippen molar-refractivity contribution in [2.75, 3.05) is 54.9 Å². The van der Waals surface area contributed by atoms with E-state index in [0.29, 0.717) is 25.3 Å². The molecule has 5 nitrogen and oxygen atoms in total. The summed E-state index contributed by atoms with van der Waals surface area (Å²) in [5.74, 6) is 3.00. The smallest absolute Gasteiger partial charge is 0.237 e. The first-order valence-corrected chi connectivity index (χ1v) is 11.0. The lowest BCUT2D eigenvalue weighted by Crippen LogP contribution is -2.39. The van der Waals surface area contributed by atoms with Crippen LogP contribution in [0.1, 0.15) is 12.8 Å². The minimum atomic E-state index is 0.0257. The Hall–Kier alpha value is -1.18. The van der Waals surface area contributed by atoms with Crippen molar-refractivity contribution in [3.63, 3.8) is 0 Å². The summed E-state index contributed by atoms with van der Waals surface area (Å²) in [5.41, 5.74) is 0.930. The van der Waals surface area contributed by atoms with Crippen molar-refractivity contribution in [1.82, 2.24) is 10.2 Å². The van der Waals surface area contributed by atoms with E-state index in [1.54, 1.807) is 16.7 Å². The van der Waals surface area contributed by atoms with E-state index in [1.165, 1.54) is 11.5 Å². The second kappa shape index (κ2) is 9.50. The molecule has 1 aromatic carbocycles. The molecule has 0 aromatic heterocycles. The van der Waals surface area contributed by atoms with Gasteiger partial charge in [0.15, 0.2) is 0 Å². The molecule has 2 amide bonds. The first kappa shape index (κ1) is 18.6. The van der Waals surface area contributed by atoms with Crippen molar-refractivity contribution < 1.29 is 9.59 Å². The fourth-order valence-corrected chi connectivity index (χ4v) is 4.97. The zero-order chi connectivity index (χ0) is 17.5. The predicted octanol–water partition coefficient (Wildman–Crippen LogP) is 2.07. The van der Waals surface area contributed by atoms with Gasteiger partial charge in [0, 0.05) is 49.0 Å². The molecule has 7 heteroatoms. The maximum atomic E-state index is 12.2. The Bertz CT molecular complexity index is 606. The van der Waals surface area contributed by atoms with Crippen LogP contribution < -0.4 is 10.2 Å². The second-order valence-electron chi connectivity index (χ2n) is 6.21. The van der Waals surface area contributed by atoms with Crippen LogP contribution in [0.15, 0.2) is 29.2 Å². The van der Waals surface area contributed by atoms with Crippen LogP contribution in [0.4, 0.5) is 5.69 Å². The van der Waals surface area contributed by atoms with Gasteiger partial charge in [-0.25, -0.2) is 0 Å². The van der Waals surface area contributed by atoms with E-state index < -0.39 is 0 Å². The van der Waals surface area contributed by atoms with Crippen LogP contribution in [-0.4, -0.2) is 66.7 Å². The minimum absolute atomic E-state index is 0.0257. The SMILES string of the molecule is O=C(CCN1C(=O)CSc2ccccc21)NCCCN1CCSCC1. The van der Waals surface area contributed by atoms with Gasteiger partial charge in [-0.1, -0.05) is 12.1 Å². The summed E-state index contributed by atoms with van der Waals surface area (Å²) in [7, 11) is 0. The van der Waals surface area contributed by atoms with E-state index in [-0.39, 0.29) is 11.8 Å². The Morgan fingerprint density at radius 1 is 1.16 bits per heavy atom.